The number of ether oxygens (including phenoxy) is 1. The summed E-state index contributed by atoms with van der Waals surface area (Å²) in [5.41, 5.74) is 5.28. The van der Waals surface area contributed by atoms with Crippen molar-refractivity contribution in [3.05, 3.63) is 0 Å². The quantitative estimate of drug-likeness (QED) is 0.736. The molecule has 0 spiro atoms. The molecule has 2 fully saturated rings. The molecule has 2 N–H and O–H groups in total. The molecule has 1 aliphatic heterocycles. The van der Waals surface area contributed by atoms with Gasteiger partial charge in [-0.2, -0.15) is 0 Å². The Labute approximate surface area is 97.1 Å². The third kappa shape index (κ3) is 2.32. The van der Waals surface area contributed by atoms with Crippen LogP contribution in [0.25, 0.3) is 0 Å². The second-order valence-electron chi connectivity index (χ2n) is 5.94. The molecule has 1 amide bonds. The lowest BCUT2D eigenvalue weighted by atomic mass is 10.1. The van der Waals surface area contributed by atoms with E-state index in [1.165, 1.54) is 0 Å². The highest BCUT2D eigenvalue weighted by Crippen LogP contribution is 2.50. The Hall–Kier alpha value is -0.770. The van der Waals surface area contributed by atoms with Gasteiger partial charge >= 0.3 is 6.09 Å². The van der Waals surface area contributed by atoms with Gasteiger partial charge in [0.25, 0.3) is 0 Å². The molecular weight excluding hydrogens is 204 g/mol. The molecule has 2 aliphatic rings. The molecule has 4 heteroatoms. The van der Waals surface area contributed by atoms with Gasteiger partial charge in [-0.1, -0.05) is 0 Å². The summed E-state index contributed by atoms with van der Waals surface area (Å²) in [6, 6.07) is 0. The van der Waals surface area contributed by atoms with Crippen LogP contribution in [0.5, 0.6) is 0 Å². The lowest BCUT2D eigenvalue weighted by Gasteiger charge is -2.29. The average Bonchev–Trinajstić information content (AvgIpc) is 2.86. The number of rotatable bonds is 1. The van der Waals surface area contributed by atoms with Gasteiger partial charge in [0.1, 0.15) is 5.60 Å². The van der Waals surface area contributed by atoms with Crippen LogP contribution < -0.4 is 5.73 Å². The van der Waals surface area contributed by atoms with Crippen molar-refractivity contribution >= 4 is 6.09 Å². The summed E-state index contributed by atoms with van der Waals surface area (Å²) in [5, 5.41) is 0. The van der Waals surface area contributed by atoms with E-state index in [-0.39, 0.29) is 6.09 Å². The van der Waals surface area contributed by atoms with Gasteiger partial charge in [0.2, 0.25) is 0 Å². The van der Waals surface area contributed by atoms with E-state index in [0.717, 1.165) is 32.0 Å². The fourth-order valence-electron chi connectivity index (χ4n) is 2.72. The summed E-state index contributed by atoms with van der Waals surface area (Å²) in [7, 11) is 0. The second-order valence-corrected chi connectivity index (χ2v) is 5.94. The third-order valence-electron chi connectivity index (χ3n) is 3.60. The molecule has 3 atom stereocenters. The van der Waals surface area contributed by atoms with E-state index in [4.69, 9.17) is 10.5 Å². The number of fused-ring (bicyclic) bond motifs is 1. The first-order valence-electron chi connectivity index (χ1n) is 6.10. The third-order valence-corrected chi connectivity index (χ3v) is 3.60. The molecule has 92 valence electrons. The van der Waals surface area contributed by atoms with E-state index < -0.39 is 5.60 Å². The standard InChI is InChI=1S/C12H22N2O2/c1-12(2,3)16-11(15)14-5-4-8-9(6-13)10(8)7-14/h8-10H,4-7,13H2,1-3H3. The zero-order valence-corrected chi connectivity index (χ0v) is 10.4. The normalized spacial score (nSPS) is 33.2. The van der Waals surface area contributed by atoms with Crippen LogP contribution >= 0.6 is 0 Å². The maximum Gasteiger partial charge on any atom is 0.410 e. The fraction of sp³-hybridized carbons (Fsp3) is 0.917. The van der Waals surface area contributed by atoms with Gasteiger partial charge in [-0.15, -0.1) is 0 Å². The number of likely N-dealkylation sites (tertiary alicyclic amines) is 1. The van der Waals surface area contributed by atoms with Gasteiger partial charge in [0, 0.05) is 13.1 Å². The van der Waals surface area contributed by atoms with Crippen LogP contribution in [-0.4, -0.2) is 36.2 Å². The van der Waals surface area contributed by atoms with Crippen molar-refractivity contribution in [3.8, 4) is 0 Å². The molecule has 1 saturated carbocycles. The number of nitrogens with two attached hydrogens (primary N) is 1. The van der Waals surface area contributed by atoms with Gasteiger partial charge in [0.05, 0.1) is 0 Å². The highest BCUT2D eigenvalue weighted by Gasteiger charge is 2.52. The van der Waals surface area contributed by atoms with E-state index in [1.54, 1.807) is 0 Å². The van der Waals surface area contributed by atoms with Crippen molar-refractivity contribution in [1.82, 2.24) is 4.90 Å². The molecule has 16 heavy (non-hydrogen) atoms. The molecule has 3 unspecified atom stereocenters. The second kappa shape index (κ2) is 3.91. The summed E-state index contributed by atoms with van der Waals surface area (Å²) < 4.78 is 5.37. The van der Waals surface area contributed by atoms with Gasteiger partial charge in [-0.25, -0.2) is 4.79 Å². The Morgan fingerprint density at radius 2 is 2.12 bits per heavy atom. The van der Waals surface area contributed by atoms with Gasteiger partial charge in [0.15, 0.2) is 0 Å². The van der Waals surface area contributed by atoms with E-state index in [2.05, 4.69) is 0 Å². The van der Waals surface area contributed by atoms with Gasteiger partial charge < -0.3 is 15.4 Å². The Balaban J connectivity index is 1.86. The van der Waals surface area contributed by atoms with E-state index in [1.807, 2.05) is 25.7 Å². The lowest BCUT2D eigenvalue weighted by Crippen LogP contribution is -2.40. The first-order chi connectivity index (χ1) is 7.42. The minimum absolute atomic E-state index is 0.173. The number of amides is 1. The van der Waals surface area contributed by atoms with Crippen molar-refractivity contribution in [1.29, 1.82) is 0 Å². The van der Waals surface area contributed by atoms with Crippen LogP contribution in [0.15, 0.2) is 0 Å². The molecular formula is C12H22N2O2. The summed E-state index contributed by atoms with van der Waals surface area (Å²) in [5.74, 6) is 2.04. The Kier molecular flexibility index (Phi) is 2.86. The van der Waals surface area contributed by atoms with Crippen molar-refractivity contribution in [2.24, 2.45) is 23.5 Å². The Bertz CT molecular complexity index is 281. The molecule has 1 heterocycles. The molecule has 4 nitrogen and oxygen atoms in total. The monoisotopic (exact) mass is 226 g/mol. The van der Waals surface area contributed by atoms with Crippen molar-refractivity contribution in [3.63, 3.8) is 0 Å². The molecule has 0 aromatic rings. The number of hydrogen-bond donors (Lipinski definition) is 1. The van der Waals surface area contributed by atoms with Gasteiger partial charge in [-0.05, 0) is 51.5 Å². The van der Waals surface area contributed by atoms with Crippen LogP contribution in [-0.2, 0) is 4.74 Å². The maximum absolute atomic E-state index is 11.8. The first-order valence-corrected chi connectivity index (χ1v) is 6.10. The molecule has 1 aliphatic carbocycles. The van der Waals surface area contributed by atoms with E-state index >= 15 is 0 Å². The minimum Gasteiger partial charge on any atom is -0.444 e. The van der Waals surface area contributed by atoms with Crippen LogP contribution in [0.2, 0.25) is 0 Å². The van der Waals surface area contributed by atoms with E-state index in [9.17, 15) is 4.79 Å². The molecule has 0 aromatic heterocycles. The molecule has 1 saturated heterocycles. The smallest absolute Gasteiger partial charge is 0.410 e. The SMILES string of the molecule is CC(C)(C)OC(=O)N1CCC2C(CN)C2C1. The van der Waals surface area contributed by atoms with Crippen LogP contribution in [0.4, 0.5) is 4.79 Å². The van der Waals surface area contributed by atoms with Crippen molar-refractivity contribution in [2.75, 3.05) is 19.6 Å². The number of piperidine rings is 1. The van der Waals surface area contributed by atoms with Crippen LogP contribution in [0.3, 0.4) is 0 Å². The molecule has 0 aromatic carbocycles. The lowest BCUT2D eigenvalue weighted by molar-refractivity contribution is 0.0207. The predicted molar refractivity (Wildman–Crippen MR) is 61.9 cm³/mol. The molecule has 0 bridgehead atoms. The predicted octanol–water partition coefficient (Wildman–Crippen LogP) is 1.45. The molecule has 0 radical (unpaired) electrons. The number of nitrogens with zero attached hydrogens (tertiary/aromatic N) is 1. The zero-order chi connectivity index (χ0) is 11.9. The maximum atomic E-state index is 11.8. The summed E-state index contributed by atoms with van der Waals surface area (Å²) in [6.07, 6.45) is 0.916. The highest BCUT2D eigenvalue weighted by atomic mass is 16.6. The topological polar surface area (TPSA) is 55.6 Å². The minimum atomic E-state index is -0.398. The highest BCUT2D eigenvalue weighted by molar-refractivity contribution is 5.68. The number of carbonyl (C=O) groups excluding carboxylic acids is 1. The summed E-state index contributed by atoms with van der Waals surface area (Å²) in [4.78, 5) is 13.7. The van der Waals surface area contributed by atoms with Crippen molar-refractivity contribution < 1.29 is 9.53 Å². The average molecular weight is 226 g/mol. The molecule has 2 rings (SSSR count). The van der Waals surface area contributed by atoms with Crippen LogP contribution in [0, 0.1) is 17.8 Å². The number of carbonyl (C=O) groups is 1. The van der Waals surface area contributed by atoms with Gasteiger partial charge in [-0.3, -0.25) is 0 Å². The largest absolute Gasteiger partial charge is 0.444 e. The summed E-state index contributed by atoms with van der Waals surface area (Å²) in [6.45, 7) is 8.12. The fourth-order valence-corrected chi connectivity index (χ4v) is 2.72. The van der Waals surface area contributed by atoms with E-state index in [0.29, 0.717) is 11.8 Å². The Morgan fingerprint density at radius 3 is 2.69 bits per heavy atom. The zero-order valence-electron chi connectivity index (χ0n) is 10.4. The van der Waals surface area contributed by atoms with Crippen molar-refractivity contribution in [2.45, 2.75) is 32.8 Å². The first kappa shape index (κ1) is 11.7. The number of hydrogen-bond acceptors (Lipinski definition) is 3. The summed E-state index contributed by atoms with van der Waals surface area (Å²) >= 11 is 0. The van der Waals surface area contributed by atoms with Crippen LogP contribution in [0.1, 0.15) is 27.2 Å². The Morgan fingerprint density at radius 1 is 1.44 bits per heavy atom.